The molecule has 0 heterocycles. The number of esters is 2. The van der Waals surface area contributed by atoms with Gasteiger partial charge in [0.2, 0.25) is 0 Å². The molecular weight excluding hydrogens is 849 g/mol. The van der Waals surface area contributed by atoms with E-state index in [1.165, 1.54) is 289 Å². The van der Waals surface area contributed by atoms with E-state index in [1.807, 2.05) is 0 Å². The fourth-order valence-electron chi connectivity index (χ4n) is 9.77. The molecule has 1 N–H and O–H groups in total. The van der Waals surface area contributed by atoms with Crippen molar-refractivity contribution in [2.45, 2.75) is 360 Å². The van der Waals surface area contributed by atoms with Gasteiger partial charge in [-0.15, -0.1) is 0 Å². The van der Waals surface area contributed by atoms with Crippen LogP contribution in [0.15, 0.2) is 24.3 Å². The summed E-state index contributed by atoms with van der Waals surface area (Å²) in [4.78, 5) is 24.5. The number of unbranched alkanes of at least 4 members (excludes halogenated alkanes) is 47. The van der Waals surface area contributed by atoms with E-state index in [2.05, 4.69) is 38.2 Å². The van der Waals surface area contributed by atoms with Crippen molar-refractivity contribution in [3.05, 3.63) is 24.3 Å². The number of ether oxygens (including phenoxy) is 2. The molecule has 0 aromatic carbocycles. The number of carbonyl (C=O) groups excluding carboxylic acids is 2. The summed E-state index contributed by atoms with van der Waals surface area (Å²) in [5.74, 6) is -0.567. The molecule has 0 aliphatic rings. The lowest BCUT2D eigenvalue weighted by molar-refractivity contribution is -0.161. The molecule has 0 radical (unpaired) electrons. The number of aliphatic hydroxyl groups excluding tert-OH is 1. The highest BCUT2D eigenvalue weighted by Gasteiger charge is 2.16. The topological polar surface area (TPSA) is 72.8 Å². The first-order valence-electron chi connectivity index (χ1n) is 31.4. The molecule has 0 rings (SSSR count). The smallest absolute Gasteiger partial charge is 0.306 e. The number of aliphatic hydroxyl groups is 1. The molecule has 408 valence electrons. The van der Waals surface area contributed by atoms with Crippen molar-refractivity contribution in [1.82, 2.24) is 0 Å². The van der Waals surface area contributed by atoms with Crippen LogP contribution in [0, 0.1) is 0 Å². The maximum Gasteiger partial charge on any atom is 0.306 e. The molecule has 0 aliphatic carbocycles. The van der Waals surface area contributed by atoms with Gasteiger partial charge in [-0.3, -0.25) is 9.59 Å². The summed E-state index contributed by atoms with van der Waals surface area (Å²) in [7, 11) is 0. The van der Waals surface area contributed by atoms with Crippen LogP contribution in [0.25, 0.3) is 0 Å². The summed E-state index contributed by atoms with van der Waals surface area (Å²) < 4.78 is 10.7. The summed E-state index contributed by atoms with van der Waals surface area (Å²) in [5.41, 5.74) is 0. The van der Waals surface area contributed by atoms with E-state index in [1.54, 1.807) is 0 Å². The van der Waals surface area contributed by atoms with Crippen LogP contribution in [0.1, 0.15) is 354 Å². The van der Waals surface area contributed by atoms with E-state index < -0.39 is 6.10 Å². The minimum Gasteiger partial charge on any atom is -0.462 e. The Balaban J connectivity index is 3.35. The molecule has 5 nitrogen and oxygen atoms in total. The van der Waals surface area contributed by atoms with Crippen molar-refractivity contribution in [2.75, 3.05) is 13.2 Å². The van der Waals surface area contributed by atoms with Crippen LogP contribution >= 0.6 is 0 Å². The molecule has 0 bridgehead atoms. The predicted octanol–water partition coefficient (Wildman–Crippen LogP) is 21.3. The molecule has 0 amide bonds. The van der Waals surface area contributed by atoms with Crippen LogP contribution in [0.4, 0.5) is 0 Å². The van der Waals surface area contributed by atoms with Crippen molar-refractivity contribution in [1.29, 1.82) is 0 Å². The van der Waals surface area contributed by atoms with E-state index in [9.17, 15) is 14.7 Å². The SMILES string of the molecule is CCCCCCC/C=C\C/C=C\CCCCCCCCCCCCCCCCCCCCCCCCCCCCCC(=O)OC(CO)COC(=O)CCCCCCCCCCCCCCCCCC. The average molecular weight is 972 g/mol. The Morgan fingerprint density at radius 3 is 0.855 bits per heavy atom. The first-order valence-corrected chi connectivity index (χ1v) is 31.4. The summed E-state index contributed by atoms with van der Waals surface area (Å²) >= 11 is 0. The lowest BCUT2D eigenvalue weighted by atomic mass is 10.0. The predicted molar refractivity (Wildman–Crippen MR) is 302 cm³/mol. The van der Waals surface area contributed by atoms with Gasteiger partial charge in [0.05, 0.1) is 6.61 Å². The van der Waals surface area contributed by atoms with Crippen molar-refractivity contribution in [2.24, 2.45) is 0 Å². The Hall–Kier alpha value is -1.62. The first kappa shape index (κ1) is 67.4. The van der Waals surface area contributed by atoms with E-state index in [-0.39, 0.29) is 25.2 Å². The maximum atomic E-state index is 12.3. The van der Waals surface area contributed by atoms with Gasteiger partial charge in [-0.25, -0.2) is 0 Å². The molecule has 0 saturated carbocycles. The molecule has 5 heteroatoms. The second kappa shape index (κ2) is 60.7. The Morgan fingerprint density at radius 2 is 0.580 bits per heavy atom. The Bertz CT molecular complexity index is 1050. The number of rotatable bonds is 59. The second-order valence-electron chi connectivity index (χ2n) is 21.5. The van der Waals surface area contributed by atoms with Crippen LogP contribution in [0.5, 0.6) is 0 Å². The fraction of sp³-hybridized carbons (Fsp3) is 0.906. The highest BCUT2D eigenvalue weighted by molar-refractivity contribution is 5.70. The van der Waals surface area contributed by atoms with E-state index >= 15 is 0 Å². The number of allylic oxidation sites excluding steroid dienone is 4. The van der Waals surface area contributed by atoms with Crippen molar-refractivity contribution < 1.29 is 24.2 Å². The van der Waals surface area contributed by atoms with Gasteiger partial charge in [0.15, 0.2) is 6.10 Å². The third-order valence-electron chi connectivity index (χ3n) is 14.5. The van der Waals surface area contributed by atoms with E-state index in [4.69, 9.17) is 9.47 Å². The highest BCUT2D eigenvalue weighted by atomic mass is 16.6. The maximum absolute atomic E-state index is 12.3. The van der Waals surface area contributed by atoms with E-state index in [0.29, 0.717) is 12.8 Å². The standard InChI is InChI=1S/C64H122O5/c1-3-5-7-9-11-13-15-17-19-21-22-23-24-25-26-27-28-29-30-31-32-33-34-35-36-37-38-39-40-41-42-43-45-47-49-51-53-55-57-59-64(67)69-62(60-65)61-68-63(66)58-56-54-52-50-48-46-44-20-18-16-14-12-10-8-6-4-2/h15,17,21-22,62,65H,3-14,16,18-20,23-61H2,1-2H3/b17-15-,22-21-. The third kappa shape index (κ3) is 58.8. The van der Waals surface area contributed by atoms with Gasteiger partial charge >= 0.3 is 11.9 Å². The van der Waals surface area contributed by atoms with Crippen LogP contribution in [-0.2, 0) is 19.1 Å². The minimum absolute atomic E-state index is 0.0574. The molecular formula is C64H122O5. The van der Waals surface area contributed by atoms with Gasteiger partial charge in [0, 0.05) is 12.8 Å². The zero-order chi connectivity index (χ0) is 49.9. The van der Waals surface area contributed by atoms with Gasteiger partial charge < -0.3 is 14.6 Å². The van der Waals surface area contributed by atoms with E-state index in [0.717, 1.165) is 38.5 Å². The van der Waals surface area contributed by atoms with Crippen molar-refractivity contribution in [3.63, 3.8) is 0 Å². The number of hydrogen-bond acceptors (Lipinski definition) is 5. The van der Waals surface area contributed by atoms with Crippen molar-refractivity contribution >= 4 is 11.9 Å². The quantitative estimate of drug-likeness (QED) is 0.0373. The summed E-state index contributed by atoms with van der Waals surface area (Å²) in [6.07, 6.45) is 77.7. The lowest BCUT2D eigenvalue weighted by Crippen LogP contribution is -2.28. The minimum atomic E-state index is -0.766. The summed E-state index contributed by atoms with van der Waals surface area (Å²) in [5, 5.41) is 9.65. The number of carbonyl (C=O) groups is 2. The van der Waals surface area contributed by atoms with Crippen LogP contribution in [0.3, 0.4) is 0 Å². The molecule has 0 saturated heterocycles. The molecule has 0 aromatic rings. The second-order valence-corrected chi connectivity index (χ2v) is 21.5. The molecule has 69 heavy (non-hydrogen) atoms. The molecule has 0 aromatic heterocycles. The van der Waals surface area contributed by atoms with Gasteiger partial charge in [-0.05, 0) is 44.9 Å². The Labute approximate surface area is 432 Å². The first-order chi connectivity index (χ1) is 34.1. The zero-order valence-corrected chi connectivity index (χ0v) is 46.9. The number of hydrogen-bond donors (Lipinski definition) is 1. The largest absolute Gasteiger partial charge is 0.462 e. The molecule has 0 fully saturated rings. The zero-order valence-electron chi connectivity index (χ0n) is 46.9. The normalized spacial score (nSPS) is 12.2. The molecule has 1 atom stereocenters. The highest BCUT2D eigenvalue weighted by Crippen LogP contribution is 2.18. The average Bonchev–Trinajstić information content (AvgIpc) is 3.35. The summed E-state index contributed by atoms with van der Waals surface area (Å²) in [6, 6.07) is 0. The Kier molecular flexibility index (Phi) is 59.3. The fourth-order valence-corrected chi connectivity index (χ4v) is 9.77. The molecule has 1 unspecified atom stereocenters. The Morgan fingerprint density at radius 1 is 0.333 bits per heavy atom. The van der Waals surface area contributed by atoms with Gasteiger partial charge in [-0.1, -0.05) is 321 Å². The van der Waals surface area contributed by atoms with Gasteiger partial charge in [0.25, 0.3) is 0 Å². The van der Waals surface area contributed by atoms with Crippen LogP contribution in [-0.4, -0.2) is 36.4 Å². The van der Waals surface area contributed by atoms with Gasteiger partial charge in [0.1, 0.15) is 6.61 Å². The monoisotopic (exact) mass is 971 g/mol. The third-order valence-corrected chi connectivity index (χ3v) is 14.5. The molecule has 0 aliphatic heterocycles. The lowest BCUT2D eigenvalue weighted by Gasteiger charge is -2.15. The van der Waals surface area contributed by atoms with Crippen LogP contribution < -0.4 is 0 Å². The summed E-state index contributed by atoms with van der Waals surface area (Å²) in [6.45, 7) is 4.18. The molecule has 0 spiro atoms. The van der Waals surface area contributed by atoms with Crippen molar-refractivity contribution in [3.8, 4) is 0 Å². The van der Waals surface area contributed by atoms with Gasteiger partial charge in [-0.2, -0.15) is 0 Å². The van der Waals surface area contributed by atoms with Crippen LogP contribution in [0.2, 0.25) is 0 Å².